The van der Waals surface area contributed by atoms with Crippen LogP contribution in [0.4, 0.5) is 0 Å². The van der Waals surface area contributed by atoms with Crippen molar-refractivity contribution in [3.63, 3.8) is 0 Å². The normalized spacial score (nSPS) is 37.4. The molecule has 114 valence electrons. The highest BCUT2D eigenvalue weighted by atomic mass is 32.2. The molecule has 2 atom stereocenters. The van der Waals surface area contributed by atoms with E-state index in [1.807, 2.05) is 0 Å². The van der Waals surface area contributed by atoms with E-state index in [1.54, 1.807) is 4.31 Å². The summed E-state index contributed by atoms with van der Waals surface area (Å²) < 4.78 is 32.5. The standard InChI is InChI=1S/C14H24N2O3S/c17-20(18,13-4-5-13)16-6-7-19-14-10-15(8-11(14)9-16)12-2-1-3-12/h11-14H,1-10H2/t11-,14-/m1/s1. The fourth-order valence-corrected chi connectivity index (χ4v) is 5.64. The molecule has 0 spiro atoms. The first-order valence-corrected chi connectivity index (χ1v) is 9.49. The Morgan fingerprint density at radius 3 is 2.45 bits per heavy atom. The Morgan fingerprint density at radius 1 is 1.00 bits per heavy atom. The molecule has 0 aromatic rings. The van der Waals surface area contributed by atoms with E-state index in [-0.39, 0.29) is 11.4 Å². The smallest absolute Gasteiger partial charge is 0.217 e. The van der Waals surface area contributed by atoms with Gasteiger partial charge in [0.05, 0.1) is 18.0 Å². The molecule has 20 heavy (non-hydrogen) atoms. The van der Waals surface area contributed by atoms with E-state index in [0.717, 1.165) is 32.0 Å². The molecule has 4 rings (SSSR count). The van der Waals surface area contributed by atoms with E-state index < -0.39 is 10.0 Å². The lowest BCUT2D eigenvalue weighted by atomic mass is 9.92. The van der Waals surface area contributed by atoms with Crippen LogP contribution in [0.25, 0.3) is 0 Å². The van der Waals surface area contributed by atoms with Crippen LogP contribution < -0.4 is 0 Å². The van der Waals surface area contributed by atoms with Gasteiger partial charge in [0.15, 0.2) is 0 Å². The zero-order valence-electron chi connectivity index (χ0n) is 11.9. The number of hydrogen-bond acceptors (Lipinski definition) is 4. The van der Waals surface area contributed by atoms with Crippen molar-refractivity contribution < 1.29 is 13.2 Å². The summed E-state index contributed by atoms with van der Waals surface area (Å²) in [6.45, 7) is 3.81. The third-order valence-electron chi connectivity index (χ3n) is 5.42. The Morgan fingerprint density at radius 2 is 1.80 bits per heavy atom. The number of sulfonamides is 1. The van der Waals surface area contributed by atoms with Gasteiger partial charge in [-0.2, -0.15) is 4.31 Å². The summed E-state index contributed by atoms with van der Waals surface area (Å²) in [7, 11) is -3.05. The molecule has 2 heterocycles. The molecule has 4 aliphatic rings. The van der Waals surface area contributed by atoms with Crippen molar-refractivity contribution in [3.05, 3.63) is 0 Å². The maximum atomic E-state index is 12.4. The lowest BCUT2D eigenvalue weighted by molar-refractivity contribution is 0.0453. The van der Waals surface area contributed by atoms with Crippen LogP contribution in [0.1, 0.15) is 32.1 Å². The highest BCUT2D eigenvalue weighted by Gasteiger charge is 2.45. The number of rotatable bonds is 3. The number of hydrogen-bond donors (Lipinski definition) is 0. The predicted molar refractivity (Wildman–Crippen MR) is 76.0 cm³/mol. The van der Waals surface area contributed by atoms with Gasteiger partial charge in [-0.15, -0.1) is 0 Å². The quantitative estimate of drug-likeness (QED) is 0.768. The Bertz CT molecular complexity index is 473. The van der Waals surface area contributed by atoms with Crippen molar-refractivity contribution in [3.8, 4) is 0 Å². The van der Waals surface area contributed by atoms with Crippen LogP contribution in [-0.2, 0) is 14.8 Å². The minimum absolute atomic E-state index is 0.0943. The van der Waals surface area contributed by atoms with Gasteiger partial charge < -0.3 is 4.74 Å². The van der Waals surface area contributed by atoms with Crippen molar-refractivity contribution in [2.75, 3.05) is 32.8 Å². The van der Waals surface area contributed by atoms with Gasteiger partial charge >= 0.3 is 0 Å². The fourth-order valence-electron chi connectivity index (χ4n) is 3.75. The van der Waals surface area contributed by atoms with Crippen molar-refractivity contribution in [2.24, 2.45) is 5.92 Å². The van der Waals surface area contributed by atoms with Crippen molar-refractivity contribution in [1.82, 2.24) is 9.21 Å². The summed E-state index contributed by atoms with van der Waals surface area (Å²) in [5.41, 5.74) is 0. The summed E-state index contributed by atoms with van der Waals surface area (Å²) in [6, 6.07) is 0.735. The molecule has 0 bridgehead atoms. The summed E-state index contributed by atoms with van der Waals surface area (Å²) in [4.78, 5) is 2.53. The summed E-state index contributed by atoms with van der Waals surface area (Å²) in [5, 5.41) is -0.0943. The third-order valence-corrected chi connectivity index (χ3v) is 7.78. The van der Waals surface area contributed by atoms with Gasteiger partial charge in [-0.3, -0.25) is 4.90 Å². The average molecular weight is 300 g/mol. The number of nitrogens with zero attached hydrogens (tertiary/aromatic N) is 2. The first kappa shape index (κ1) is 13.5. The molecule has 5 nitrogen and oxygen atoms in total. The van der Waals surface area contributed by atoms with E-state index in [1.165, 1.54) is 19.3 Å². The molecular weight excluding hydrogens is 276 g/mol. The fraction of sp³-hybridized carbons (Fsp3) is 1.00. The van der Waals surface area contributed by atoms with E-state index in [9.17, 15) is 8.42 Å². The van der Waals surface area contributed by atoms with Gasteiger partial charge in [-0.1, -0.05) is 6.42 Å². The monoisotopic (exact) mass is 300 g/mol. The summed E-state index contributed by atoms with van der Waals surface area (Å²) in [5.74, 6) is 0.367. The lowest BCUT2D eigenvalue weighted by Crippen LogP contribution is -2.41. The molecule has 2 saturated carbocycles. The molecule has 2 aliphatic carbocycles. The van der Waals surface area contributed by atoms with E-state index in [2.05, 4.69) is 4.90 Å². The zero-order valence-corrected chi connectivity index (χ0v) is 12.7. The van der Waals surface area contributed by atoms with Crippen LogP contribution in [0.15, 0.2) is 0 Å². The predicted octanol–water partition coefficient (Wildman–Crippen LogP) is 0.664. The molecule has 2 aliphatic heterocycles. The minimum Gasteiger partial charge on any atom is -0.375 e. The third kappa shape index (κ3) is 2.30. The number of likely N-dealkylation sites (tertiary alicyclic amines) is 1. The van der Waals surface area contributed by atoms with Crippen LogP contribution in [0, 0.1) is 5.92 Å². The van der Waals surface area contributed by atoms with Gasteiger partial charge in [0.25, 0.3) is 0 Å². The molecule has 6 heteroatoms. The first-order valence-electron chi connectivity index (χ1n) is 7.99. The Hall–Kier alpha value is -0.170. The molecule has 0 aromatic carbocycles. The Kier molecular flexibility index (Phi) is 3.33. The molecule has 0 N–H and O–H groups in total. The molecule has 0 unspecified atom stereocenters. The largest absolute Gasteiger partial charge is 0.375 e. The van der Waals surface area contributed by atoms with E-state index in [0.29, 0.717) is 25.6 Å². The lowest BCUT2D eigenvalue weighted by Gasteiger charge is -2.35. The van der Waals surface area contributed by atoms with Gasteiger partial charge in [0, 0.05) is 38.1 Å². The molecule has 4 fully saturated rings. The molecule has 0 radical (unpaired) electrons. The summed E-state index contributed by atoms with van der Waals surface area (Å²) in [6.07, 6.45) is 5.91. The van der Waals surface area contributed by atoms with Crippen LogP contribution in [0.3, 0.4) is 0 Å². The molecule has 0 amide bonds. The minimum atomic E-state index is -3.05. The van der Waals surface area contributed by atoms with Gasteiger partial charge in [0.2, 0.25) is 10.0 Å². The maximum Gasteiger partial charge on any atom is 0.217 e. The van der Waals surface area contributed by atoms with Gasteiger partial charge in [-0.25, -0.2) is 8.42 Å². The van der Waals surface area contributed by atoms with Crippen molar-refractivity contribution in [2.45, 2.75) is 49.5 Å². The average Bonchev–Trinajstić information content (AvgIpc) is 3.13. The van der Waals surface area contributed by atoms with Crippen molar-refractivity contribution >= 4 is 10.0 Å². The topological polar surface area (TPSA) is 49.9 Å². The van der Waals surface area contributed by atoms with Crippen LogP contribution in [-0.4, -0.2) is 67.8 Å². The molecule has 0 aromatic heterocycles. The molecular formula is C14H24N2O3S. The number of fused-ring (bicyclic) bond motifs is 1. The van der Waals surface area contributed by atoms with E-state index >= 15 is 0 Å². The second-order valence-corrected chi connectivity index (χ2v) is 9.02. The van der Waals surface area contributed by atoms with Gasteiger partial charge in [0.1, 0.15) is 0 Å². The zero-order chi connectivity index (χ0) is 13.7. The summed E-state index contributed by atoms with van der Waals surface area (Å²) >= 11 is 0. The Balaban J connectivity index is 1.45. The van der Waals surface area contributed by atoms with Crippen LogP contribution >= 0.6 is 0 Å². The highest BCUT2D eigenvalue weighted by Crippen LogP contribution is 2.35. The molecule has 2 saturated heterocycles. The maximum absolute atomic E-state index is 12.4. The van der Waals surface area contributed by atoms with Crippen molar-refractivity contribution in [1.29, 1.82) is 0 Å². The van der Waals surface area contributed by atoms with Gasteiger partial charge in [-0.05, 0) is 25.7 Å². The second kappa shape index (κ2) is 4.93. The SMILES string of the molecule is O=S(=O)(C1CC1)N1CCO[C@@H]2CN(C3CCC3)C[C@@H]2C1. The highest BCUT2D eigenvalue weighted by molar-refractivity contribution is 7.90. The Labute approximate surface area is 121 Å². The first-order chi connectivity index (χ1) is 9.64. The van der Waals surface area contributed by atoms with Crippen LogP contribution in [0.2, 0.25) is 0 Å². The van der Waals surface area contributed by atoms with E-state index in [4.69, 9.17) is 4.74 Å². The second-order valence-electron chi connectivity index (χ2n) is 6.81. The number of ether oxygens (including phenoxy) is 1. The van der Waals surface area contributed by atoms with Crippen LogP contribution in [0.5, 0.6) is 0 Å².